The lowest BCUT2D eigenvalue weighted by atomic mass is 9.90. The van der Waals surface area contributed by atoms with Gasteiger partial charge < -0.3 is 30.2 Å². The number of hydrogen-bond acceptors (Lipinski definition) is 7. The van der Waals surface area contributed by atoms with Gasteiger partial charge in [-0.05, 0) is 55.3 Å². The van der Waals surface area contributed by atoms with Gasteiger partial charge in [-0.15, -0.1) is 24.0 Å². The van der Waals surface area contributed by atoms with Crippen molar-refractivity contribution in [2.75, 3.05) is 49.6 Å². The zero-order valence-electron chi connectivity index (χ0n) is 26.6. The third kappa shape index (κ3) is 6.36. The van der Waals surface area contributed by atoms with Crippen molar-refractivity contribution in [2.45, 2.75) is 46.3 Å². The van der Waals surface area contributed by atoms with E-state index in [1.165, 1.54) is 0 Å². The number of thiocarbonyl (C=S) groups is 1. The number of para-hydroxylation sites is 2. The van der Waals surface area contributed by atoms with E-state index in [1.807, 2.05) is 74.0 Å². The molecule has 0 bridgehead atoms. The van der Waals surface area contributed by atoms with Crippen molar-refractivity contribution in [1.82, 2.24) is 30.6 Å². The van der Waals surface area contributed by atoms with Crippen LogP contribution in [-0.4, -0.2) is 88.5 Å². The second-order valence-electron chi connectivity index (χ2n) is 12.7. The second kappa shape index (κ2) is 13.7. The van der Waals surface area contributed by atoms with E-state index in [2.05, 4.69) is 20.8 Å². The molecule has 1 atom stereocenters. The fourth-order valence-corrected chi connectivity index (χ4v) is 6.77. The fraction of sp³-hybridized carbons (Fsp3) is 0.424. The molecule has 0 unspecified atom stereocenters. The second-order valence-corrected chi connectivity index (χ2v) is 13.1. The molecule has 0 aliphatic carbocycles. The molecule has 46 heavy (non-hydrogen) atoms. The van der Waals surface area contributed by atoms with E-state index in [1.54, 1.807) is 22.1 Å². The summed E-state index contributed by atoms with van der Waals surface area (Å²) < 4.78 is 0. The molecular formula is C33H41IN8O3S. The number of fused-ring (bicyclic) bond motifs is 2. The first-order valence-electron chi connectivity index (χ1n) is 15.4. The molecule has 4 amide bonds. The lowest BCUT2D eigenvalue weighted by Crippen LogP contribution is -2.53. The standard InChI is InChI=1S/C33H40N8O3S.HI/c1-21-16-22(30(42)40-19-24-18-36-37-29(24)38(4)25-8-5-6-9-26(25)40)10-11-23(21)17-35-32(44)41-20-33(2,3)28(45)27(41)31(43)39-14-7-12-34-13-15-39;/h5-6,8-11,16,18,27,34H,7,12-15,17,19-20H2,1-4H3,(H,35,44)(H,36,37);1H/t27-;/m0./s1. The van der Waals surface area contributed by atoms with Gasteiger partial charge >= 0.3 is 6.03 Å². The van der Waals surface area contributed by atoms with Crippen LogP contribution in [0, 0.1) is 12.3 Å². The van der Waals surface area contributed by atoms with Gasteiger partial charge in [0.15, 0.2) is 0 Å². The Morgan fingerprint density at radius 1 is 1.09 bits per heavy atom. The predicted molar refractivity (Wildman–Crippen MR) is 193 cm³/mol. The van der Waals surface area contributed by atoms with Crippen LogP contribution in [0.25, 0.3) is 0 Å². The van der Waals surface area contributed by atoms with Gasteiger partial charge in [0.25, 0.3) is 11.8 Å². The minimum Gasteiger partial charge on any atom is -0.339 e. The van der Waals surface area contributed by atoms with Crippen LogP contribution < -0.4 is 20.4 Å². The Labute approximate surface area is 292 Å². The highest BCUT2D eigenvalue weighted by atomic mass is 127. The number of carbonyl (C=O) groups is 3. The molecule has 244 valence electrons. The number of aryl methyl sites for hydroxylation is 1. The summed E-state index contributed by atoms with van der Waals surface area (Å²) in [5.74, 6) is 0.628. The van der Waals surface area contributed by atoms with Crippen LogP contribution in [0.15, 0.2) is 48.7 Å². The van der Waals surface area contributed by atoms with Crippen LogP contribution in [0.1, 0.15) is 47.3 Å². The Morgan fingerprint density at radius 2 is 1.85 bits per heavy atom. The molecule has 3 aliphatic rings. The largest absolute Gasteiger partial charge is 0.339 e. The van der Waals surface area contributed by atoms with Crippen LogP contribution >= 0.6 is 36.2 Å². The average molecular weight is 757 g/mol. The van der Waals surface area contributed by atoms with Gasteiger partial charge in [-0.25, -0.2) is 4.79 Å². The summed E-state index contributed by atoms with van der Waals surface area (Å²) in [6.07, 6.45) is 2.62. The van der Waals surface area contributed by atoms with Crippen LogP contribution in [0.4, 0.5) is 22.0 Å². The maximum Gasteiger partial charge on any atom is 0.318 e. The number of likely N-dealkylation sites (tertiary alicyclic amines) is 1. The molecule has 0 radical (unpaired) electrons. The Bertz CT molecular complexity index is 1650. The van der Waals surface area contributed by atoms with E-state index < -0.39 is 11.5 Å². The Balaban J connectivity index is 0.00000417. The summed E-state index contributed by atoms with van der Waals surface area (Å²) in [5.41, 5.74) is 4.51. The van der Waals surface area contributed by atoms with E-state index in [0.717, 1.165) is 53.4 Å². The third-order valence-electron chi connectivity index (χ3n) is 9.10. The summed E-state index contributed by atoms with van der Waals surface area (Å²) in [5, 5.41) is 13.6. The molecule has 1 aromatic heterocycles. The highest BCUT2D eigenvalue weighted by Gasteiger charge is 2.49. The lowest BCUT2D eigenvalue weighted by molar-refractivity contribution is -0.133. The van der Waals surface area contributed by atoms with E-state index in [4.69, 9.17) is 12.2 Å². The van der Waals surface area contributed by atoms with Crippen LogP contribution in [0.2, 0.25) is 0 Å². The quantitative estimate of drug-likeness (QED) is 0.268. The third-order valence-corrected chi connectivity index (χ3v) is 9.87. The van der Waals surface area contributed by atoms with E-state index in [0.29, 0.717) is 36.6 Å². The number of halogens is 1. The number of aromatic nitrogens is 2. The van der Waals surface area contributed by atoms with Crippen molar-refractivity contribution in [3.8, 4) is 0 Å². The normalized spacial score (nSPS) is 19.0. The first-order valence-corrected chi connectivity index (χ1v) is 15.8. The molecule has 3 N–H and O–H groups in total. The predicted octanol–water partition coefficient (Wildman–Crippen LogP) is 4.38. The highest BCUT2D eigenvalue weighted by molar-refractivity contribution is 14.0. The molecule has 2 fully saturated rings. The number of benzene rings is 2. The molecular weight excluding hydrogens is 715 g/mol. The van der Waals surface area contributed by atoms with Gasteiger partial charge in [0, 0.05) is 61.2 Å². The minimum atomic E-state index is -0.763. The summed E-state index contributed by atoms with van der Waals surface area (Å²) >= 11 is 5.77. The molecule has 11 nitrogen and oxygen atoms in total. The smallest absolute Gasteiger partial charge is 0.318 e. The monoisotopic (exact) mass is 756 g/mol. The number of urea groups is 1. The van der Waals surface area contributed by atoms with Crippen molar-refractivity contribution in [3.63, 3.8) is 0 Å². The number of anilines is 3. The molecule has 4 heterocycles. The Kier molecular flexibility index (Phi) is 10.0. The zero-order chi connectivity index (χ0) is 31.9. The maximum absolute atomic E-state index is 13.9. The van der Waals surface area contributed by atoms with Crippen molar-refractivity contribution in [3.05, 3.63) is 70.9 Å². The SMILES string of the molecule is Cc1cc(C(=O)N2Cc3cn[nH]c3N(C)c3ccccc32)ccc1CNC(=O)N1CC(C)(C)C(=S)[C@H]1C(=O)N1CCCNCC1.I. The number of nitrogens with one attached hydrogen (secondary N) is 3. The maximum atomic E-state index is 13.9. The summed E-state index contributed by atoms with van der Waals surface area (Å²) in [4.78, 5) is 49.0. The molecule has 13 heteroatoms. The van der Waals surface area contributed by atoms with Crippen LogP contribution in [0.5, 0.6) is 0 Å². The average Bonchev–Trinajstić information content (AvgIpc) is 3.41. The lowest BCUT2D eigenvalue weighted by Gasteiger charge is -2.29. The van der Waals surface area contributed by atoms with E-state index in [9.17, 15) is 14.4 Å². The van der Waals surface area contributed by atoms with Crippen LogP contribution in [0.3, 0.4) is 0 Å². The number of nitrogens with zero attached hydrogens (tertiary/aromatic N) is 5. The first-order chi connectivity index (χ1) is 21.6. The molecule has 2 aromatic carbocycles. The number of hydrogen-bond donors (Lipinski definition) is 3. The molecule has 6 rings (SSSR count). The van der Waals surface area contributed by atoms with Crippen LogP contribution in [-0.2, 0) is 17.9 Å². The van der Waals surface area contributed by atoms with Gasteiger partial charge in [-0.2, -0.15) is 5.10 Å². The van der Waals surface area contributed by atoms with E-state index >= 15 is 0 Å². The Morgan fingerprint density at radius 3 is 2.61 bits per heavy atom. The summed E-state index contributed by atoms with van der Waals surface area (Å²) in [6.45, 7) is 9.76. The van der Waals surface area contributed by atoms with Crippen molar-refractivity contribution in [2.24, 2.45) is 5.41 Å². The molecule has 3 aliphatic heterocycles. The molecule has 0 saturated carbocycles. The van der Waals surface area contributed by atoms with Gasteiger partial charge in [0.05, 0.1) is 24.1 Å². The molecule has 2 saturated heterocycles. The van der Waals surface area contributed by atoms with Crippen molar-refractivity contribution >= 4 is 76.1 Å². The van der Waals surface area contributed by atoms with Crippen molar-refractivity contribution in [1.29, 1.82) is 0 Å². The summed E-state index contributed by atoms with van der Waals surface area (Å²) in [7, 11) is 1.96. The number of rotatable bonds is 4. The Hall–Kier alpha value is -3.56. The number of H-pyrrole nitrogens is 1. The van der Waals surface area contributed by atoms with Gasteiger partial charge in [0.2, 0.25) is 0 Å². The molecule has 0 spiro atoms. The van der Waals surface area contributed by atoms with E-state index in [-0.39, 0.29) is 48.4 Å². The van der Waals surface area contributed by atoms with Crippen molar-refractivity contribution < 1.29 is 14.4 Å². The number of amides is 4. The number of carbonyl (C=O) groups excluding carboxylic acids is 3. The van der Waals surface area contributed by atoms with Gasteiger partial charge in [-0.1, -0.05) is 44.3 Å². The van der Waals surface area contributed by atoms with Gasteiger partial charge in [0.1, 0.15) is 11.9 Å². The first kappa shape index (κ1) is 33.8. The zero-order valence-corrected chi connectivity index (χ0v) is 29.8. The number of aromatic amines is 1. The van der Waals surface area contributed by atoms with Gasteiger partial charge in [-0.3, -0.25) is 14.7 Å². The topological polar surface area (TPSA) is 117 Å². The fourth-order valence-electron chi connectivity index (χ4n) is 6.48. The summed E-state index contributed by atoms with van der Waals surface area (Å²) in [6, 6.07) is 12.3. The minimum absolute atomic E-state index is 0. The molecule has 3 aromatic rings. The highest BCUT2D eigenvalue weighted by Crippen LogP contribution is 2.39.